The Kier molecular flexibility index (Phi) is 4.12. The predicted molar refractivity (Wildman–Crippen MR) is 151 cm³/mol. The zero-order chi connectivity index (χ0) is 24.5. The Balaban J connectivity index is 1.33. The van der Waals surface area contributed by atoms with Crippen LogP contribution in [0.2, 0.25) is 0 Å². The molecule has 0 amide bonds. The third-order valence-electron chi connectivity index (χ3n) is 7.37. The van der Waals surface area contributed by atoms with E-state index >= 15 is 0 Å². The average Bonchev–Trinajstić information content (AvgIpc) is 3.56. The zero-order valence-electron chi connectivity index (χ0n) is 20.1. The van der Waals surface area contributed by atoms with E-state index in [0.717, 1.165) is 61.0 Å². The third-order valence-corrected chi connectivity index (χ3v) is 7.37. The first-order valence-corrected chi connectivity index (χ1v) is 12.4. The fourth-order valence-electron chi connectivity index (χ4n) is 5.62. The molecule has 3 heterocycles. The molecule has 0 aliphatic heterocycles. The molecule has 0 aliphatic carbocycles. The SMILES string of the molecule is Cc1ccc2c3ccccc3n3c(-c4ccc(-c5cccc6c5oc5ccccc56)cc4)nnc3c2c1. The lowest BCUT2D eigenvalue weighted by molar-refractivity contribution is 0.670. The molecule has 3 aromatic heterocycles. The molecule has 0 unspecified atom stereocenters. The van der Waals surface area contributed by atoms with Crippen LogP contribution in [0, 0.1) is 6.92 Å². The molecule has 4 heteroatoms. The van der Waals surface area contributed by atoms with Crippen molar-refractivity contribution in [2.24, 2.45) is 0 Å². The van der Waals surface area contributed by atoms with Crippen molar-refractivity contribution < 1.29 is 4.42 Å². The molecule has 0 saturated heterocycles. The van der Waals surface area contributed by atoms with Gasteiger partial charge >= 0.3 is 0 Å². The van der Waals surface area contributed by atoms with Crippen molar-refractivity contribution in [3.8, 4) is 22.5 Å². The van der Waals surface area contributed by atoms with Crippen molar-refractivity contribution in [2.75, 3.05) is 0 Å². The van der Waals surface area contributed by atoms with E-state index in [1.54, 1.807) is 0 Å². The number of pyridine rings is 1. The standard InChI is InChI=1S/C33H21N3O/c1-20-13-18-24-25-7-2-4-11-29(25)36-32(34-35-33(36)28(24)19-20)22-16-14-21(15-17-22)23-9-6-10-27-26-8-3-5-12-30(26)37-31(23)27/h2-19H,1H3. The number of aryl methyl sites for hydroxylation is 1. The Labute approximate surface area is 212 Å². The van der Waals surface area contributed by atoms with Gasteiger partial charge in [0.2, 0.25) is 0 Å². The molecule has 174 valence electrons. The van der Waals surface area contributed by atoms with Gasteiger partial charge in [0.05, 0.1) is 5.52 Å². The Morgan fingerprint density at radius 2 is 1.35 bits per heavy atom. The van der Waals surface area contributed by atoms with Crippen LogP contribution >= 0.6 is 0 Å². The summed E-state index contributed by atoms with van der Waals surface area (Å²) < 4.78 is 8.46. The molecule has 0 aliphatic rings. The second-order valence-corrected chi connectivity index (χ2v) is 9.61. The summed E-state index contributed by atoms with van der Waals surface area (Å²) in [4.78, 5) is 0. The summed E-state index contributed by atoms with van der Waals surface area (Å²) in [5.74, 6) is 0.836. The Morgan fingerprint density at radius 3 is 2.24 bits per heavy atom. The summed E-state index contributed by atoms with van der Waals surface area (Å²) in [5.41, 5.74) is 8.21. The van der Waals surface area contributed by atoms with Gasteiger partial charge in [0.25, 0.3) is 0 Å². The molecule has 5 aromatic carbocycles. The smallest absolute Gasteiger partial charge is 0.169 e. The molecule has 0 fully saturated rings. The normalized spacial score (nSPS) is 11.9. The first kappa shape index (κ1) is 20.3. The van der Waals surface area contributed by atoms with Gasteiger partial charge < -0.3 is 4.42 Å². The first-order valence-electron chi connectivity index (χ1n) is 12.4. The Morgan fingerprint density at radius 1 is 0.595 bits per heavy atom. The highest BCUT2D eigenvalue weighted by atomic mass is 16.3. The van der Waals surface area contributed by atoms with Crippen LogP contribution in [-0.2, 0) is 0 Å². The largest absolute Gasteiger partial charge is 0.455 e. The van der Waals surface area contributed by atoms with Gasteiger partial charge in [-0.2, -0.15) is 0 Å². The van der Waals surface area contributed by atoms with Gasteiger partial charge in [0.1, 0.15) is 11.2 Å². The van der Waals surface area contributed by atoms with Crippen molar-refractivity contribution in [3.63, 3.8) is 0 Å². The average molecular weight is 476 g/mol. The minimum atomic E-state index is 0.836. The maximum atomic E-state index is 6.27. The van der Waals surface area contributed by atoms with Crippen molar-refractivity contribution in [2.45, 2.75) is 6.92 Å². The number of para-hydroxylation sites is 3. The van der Waals surface area contributed by atoms with Gasteiger partial charge in [0.15, 0.2) is 11.5 Å². The van der Waals surface area contributed by atoms with Crippen LogP contribution in [0.3, 0.4) is 0 Å². The van der Waals surface area contributed by atoms with Crippen molar-refractivity contribution >= 4 is 49.3 Å². The molecule has 0 saturated carbocycles. The van der Waals surface area contributed by atoms with Crippen LogP contribution < -0.4 is 0 Å². The number of nitrogens with zero attached hydrogens (tertiary/aromatic N) is 3. The highest BCUT2D eigenvalue weighted by molar-refractivity contribution is 6.12. The van der Waals surface area contributed by atoms with Crippen LogP contribution in [0.4, 0.5) is 0 Å². The summed E-state index contributed by atoms with van der Waals surface area (Å²) >= 11 is 0. The number of hydrogen-bond acceptors (Lipinski definition) is 3. The van der Waals surface area contributed by atoms with E-state index in [-0.39, 0.29) is 0 Å². The van der Waals surface area contributed by atoms with Crippen molar-refractivity contribution in [1.29, 1.82) is 0 Å². The molecular weight excluding hydrogens is 454 g/mol. The molecular formula is C33H21N3O. The molecule has 4 nitrogen and oxygen atoms in total. The fraction of sp³-hybridized carbons (Fsp3) is 0.0303. The van der Waals surface area contributed by atoms with Gasteiger partial charge in [-0.1, -0.05) is 96.6 Å². The van der Waals surface area contributed by atoms with Crippen LogP contribution in [0.25, 0.3) is 71.8 Å². The summed E-state index contributed by atoms with van der Waals surface area (Å²) in [7, 11) is 0. The van der Waals surface area contributed by atoms with Gasteiger partial charge in [-0.15, -0.1) is 10.2 Å². The monoisotopic (exact) mass is 475 g/mol. The Hall–Kier alpha value is -4.96. The molecule has 0 spiro atoms. The van der Waals surface area contributed by atoms with E-state index in [1.807, 2.05) is 12.1 Å². The lowest BCUT2D eigenvalue weighted by Crippen LogP contribution is -1.94. The van der Waals surface area contributed by atoms with Crippen LogP contribution in [0.5, 0.6) is 0 Å². The molecule has 0 N–H and O–H groups in total. The molecule has 0 atom stereocenters. The minimum Gasteiger partial charge on any atom is -0.455 e. The third kappa shape index (κ3) is 2.90. The fourth-order valence-corrected chi connectivity index (χ4v) is 5.62. The second kappa shape index (κ2) is 7.52. The summed E-state index contributed by atoms with van der Waals surface area (Å²) in [6.45, 7) is 2.11. The molecule has 8 aromatic rings. The van der Waals surface area contributed by atoms with E-state index in [0.29, 0.717) is 0 Å². The number of fused-ring (bicyclic) bond motifs is 9. The summed E-state index contributed by atoms with van der Waals surface area (Å²) in [6.07, 6.45) is 0. The molecule has 0 bridgehead atoms. The highest BCUT2D eigenvalue weighted by Gasteiger charge is 2.17. The van der Waals surface area contributed by atoms with E-state index in [9.17, 15) is 0 Å². The van der Waals surface area contributed by atoms with Crippen molar-refractivity contribution in [3.05, 3.63) is 115 Å². The van der Waals surface area contributed by atoms with E-state index in [1.165, 1.54) is 16.3 Å². The molecule has 8 rings (SSSR count). The van der Waals surface area contributed by atoms with E-state index in [4.69, 9.17) is 4.42 Å². The second-order valence-electron chi connectivity index (χ2n) is 9.61. The van der Waals surface area contributed by atoms with Gasteiger partial charge in [0, 0.05) is 32.7 Å². The highest BCUT2D eigenvalue weighted by Crippen LogP contribution is 2.37. The number of benzene rings is 5. The Bertz CT molecular complexity index is 2150. The first-order chi connectivity index (χ1) is 18.3. The van der Waals surface area contributed by atoms with E-state index in [2.05, 4.69) is 119 Å². The van der Waals surface area contributed by atoms with Gasteiger partial charge in [-0.25, -0.2) is 0 Å². The van der Waals surface area contributed by atoms with Crippen LogP contribution in [0.1, 0.15) is 5.56 Å². The number of aromatic nitrogens is 3. The maximum Gasteiger partial charge on any atom is 0.169 e. The number of furan rings is 1. The molecule has 37 heavy (non-hydrogen) atoms. The molecule has 0 radical (unpaired) electrons. The quantitative estimate of drug-likeness (QED) is 0.235. The van der Waals surface area contributed by atoms with Crippen LogP contribution in [-0.4, -0.2) is 14.6 Å². The summed E-state index contributed by atoms with van der Waals surface area (Å²) in [6, 6.07) is 38.1. The minimum absolute atomic E-state index is 0.836. The van der Waals surface area contributed by atoms with Crippen molar-refractivity contribution in [1.82, 2.24) is 14.6 Å². The summed E-state index contributed by atoms with van der Waals surface area (Å²) in [5, 5.41) is 15.1. The van der Waals surface area contributed by atoms with Gasteiger partial charge in [-0.05, 0) is 36.1 Å². The zero-order valence-corrected chi connectivity index (χ0v) is 20.1. The lowest BCUT2D eigenvalue weighted by atomic mass is 10.0. The van der Waals surface area contributed by atoms with Crippen LogP contribution in [0.15, 0.2) is 114 Å². The van der Waals surface area contributed by atoms with Gasteiger partial charge in [-0.3, -0.25) is 4.40 Å². The maximum absolute atomic E-state index is 6.27. The topological polar surface area (TPSA) is 43.3 Å². The predicted octanol–water partition coefficient (Wildman–Crippen LogP) is 8.58. The van der Waals surface area contributed by atoms with E-state index < -0.39 is 0 Å². The lowest BCUT2D eigenvalue weighted by Gasteiger charge is -2.10. The number of rotatable bonds is 2. The number of hydrogen-bond donors (Lipinski definition) is 0.